The van der Waals surface area contributed by atoms with Gasteiger partial charge in [0.1, 0.15) is 11.6 Å². The van der Waals surface area contributed by atoms with E-state index in [9.17, 15) is 4.39 Å². The summed E-state index contributed by atoms with van der Waals surface area (Å²) >= 11 is 3.15. The maximum absolute atomic E-state index is 13.7. The van der Waals surface area contributed by atoms with Crippen LogP contribution in [-0.4, -0.2) is 31.2 Å². The Balaban J connectivity index is 1.73. The van der Waals surface area contributed by atoms with E-state index < -0.39 is 0 Å². The van der Waals surface area contributed by atoms with Gasteiger partial charge in [0, 0.05) is 38.4 Å². The highest BCUT2D eigenvalue weighted by atomic mass is 79.9. The van der Waals surface area contributed by atoms with Crippen LogP contribution < -0.4 is 15.5 Å². The minimum atomic E-state index is -0.286. The Hall–Kier alpha value is -1.82. The van der Waals surface area contributed by atoms with Gasteiger partial charge in [-0.3, -0.25) is 0 Å². The number of aromatic nitrogens is 1. The van der Waals surface area contributed by atoms with Crippen LogP contribution in [0.3, 0.4) is 0 Å². The molecular weight excluding hydrogens is 335 g/mol. The second-order valence-corrected chi connectivity index (χ2v) is 5.84. The predicted molar refractivity (Wildman–Crippen MR) is 87.2 cm³/mol. The van der Waals surface area contributed by atoms with Crippen molar-refractivity contribution in [3.8, 4) is 0 Å². The molecule has 110 valence electrons. The van der Waals surface area contributed by atoms with Crippen LogP contribution in [0, 0.1) is 5.82 Å². The summed E-state index contributed by atoms with van der Waals surface area (Å²) < 4.78 is 14.1. The Kier molecular flexibility index (Phi) is 3.96. The lowest BCUT2D eigenvalue weighted by atomic mass is 10.2. The van der Waals surface area contributed by atoms with Gasteiger partial charge in [0.25, 0.3) is 0 Å². The monoisotopic (exact) mass is 350 g/mol. The third-order valence-electron chi connectivity index (χ3n) is 3.66. The molecule has 1 aromatic carbocycles. The first kappa shape index (κ1) is 14.1. The van der Waals surface area contributed by atoms with Crippen molar-refractivity contribution in [3.63, 3.8) is 0 Å². The fourth-order valence-electron chi connectivity index (χ4n) is 2.54. The maximum atomic E-state index is 13.7. The molecule has 2 aromatic rings. The number of hydrogen-bond acceptors (Lipinski definition) is 4. The summed E-state index contributed by atoms with van der Waals surface area (Å²) in [5.41, 5.74) is 7.36. The zero-order valence-electron chi connectivity index (χ0n) is 11.5. The molecule has 1 aliphatic rings. The Morgan fingerprint density at radius 1 is 1.10 bits per heavy atom. The molecule has 0 aliphatic carbocycles. The van der Waals surface area contributed by atoms with Crippen molar-refractivity contribution in [1.29, 1.82) is 0 Å². The van der Waals surface area contributed by atoms with Crippen LogP contribution in [-0.2, 0) is 0 Å². The summed E-state index contributed by atoms with van der Waals surface area (Å²) in [7, 11) is 0. The number of anilines is 3. The third-order valence-corrected chi connectivity index (χ3v) is 4.27. The van der Waals surface area contributed by atoms with Crippen LogP contribution in [0.1, 0.15) is 0 Å². The number of piperazine rings is 1. The molecule has 0 amide bonds. The van der Waals surface area contributed by atoms with Gasteiger partial charge in [-0.2, -0.15) is 0 Å². The van der Waals surface area contributed by atoms with E-state index in [1.54, 1.807) is 12.3 Å². The molecule has 6 heteroatoms. The molecule has 2 heterocycles. The molecule has 21 heavy (non-hydrogen) atoms. The molecule has 0 unspecified atom stereocenters. The van der Waals surface area contributed by atoms with E-state index in [4.69, 9.17) is 5.73 Å². The quantitative estimate of drug-likeness (QED) is 0.846. The molecule has 0 spiro atoms. The first-order valence-corrected chi connectivity index (χ1v) is 7.60. The van der Waals surface area contributed by atoms with Crippen LogP contribution in [0.5, 0.6) is 0 Å². The topological polar surface area (TPSA) is 45.4 Å². The summed E-state index contributed by atoms with van der Waals surface area (Å²) in [4.78, 5) is 8.70. The zero-order valence-corrected chi connectivity index (χ0v) is 13.1. The number of nitrogen functional groups attached to an aromatic ring is 1. The molecule has 1 aliphatic heterocycles. The summed E-state index contributed by atoms with van der Waals surface area (Å²) in [5.74, 6) is 0.693. The summed E-state index contributed by atoms with van der Waals surface area (Å²) in [6, 6.07) is 9.01. The van der Waals surface area contributed by atoms with Gasteiger partial charge in [0.15, 0.2) is 0 Å². The summed E-state index contributed by atoms with van der Waals surface area (Å²) in [5, 5.41) is 0. The lowest BCUT2D eigenvalue weighted by Crippen LogP contribution is -2.47. The van der Waals surface area contributed by atoms with Crippen molar-refractivity contribution < 1.29 is 4.39 Å². The van der Waals surface area contributed by atoms with Crippen molar-refractivity contribution in [2.24, 2.45) is 0 Å². The smallest absolute Gasteiger partial charge is 0.139 e. The second kappa shape index (κ2) is 5.89. The fraction of sp³-hybridized carbons (Fsp3) is 0.267. The van der Waals surface area contributed by atoms with Crippen molar-refractivity contribution in [2.45, 2.75) is 0 Å². The van der Waals surface area contributed by atoms with Gasteiger partial charge in [0.2, 0.25) is 0 Å². The average molecular weight is 351 g/mol. The molecular formula is C15H16BrFN4. The van der Waals surface area contributed by atoms with Gasteiger partial charge in [-0.1, -0.05) is 6.07 Å². The lowest BCUT2D eigenvalue weighted by molar-refractivity contribution is 0.614. The minimum absolute atomic E-state index is 0.286. The Morgan fingerprint density at radius 3 is 2.48 bits per heavy atom. The summed E-state index contributed by atoms with van der Waals surface area (Å²) in [6.07, 6.45) is 1.80. The average Bonchev–Trinajstić information content (AvgIpc) is 2.52. The highest BCUT2D eigenvalue weighted by Gasteiger charge is 2.20. The van der Waals surface area contributed by atoms with E-state index in [0.717, 1.165) is 37.7 Å². The SMILES string of the molecule is Nc1cc(Br)c(F)cc1N1CCN(c2ccccn2)CC1. The van der Waals surface area contributed by atoms with Crippen LogP contribution >= 0.6 is 15.9 Å². The molecule has 1 aromatic heterocycles. The molecule has 4 nitrogen and oxygen atoms in total. The van der Waals surface area contributed by atoms with E-state index in [-0.39, 0.29) is 5.82 Å². The largest absolute Gasteiger partial charge is 0.397 e. The number of nitrogens with zero attached hydrogens (tertiary/aromatic N) is 3. The van der Waals surface area contributed by atoms with E-state index in [0.29, 0.717) is 10.2 Å². The Morgan fingerprint density at radius 2 is 1.81 bits per heavy atom. The van der Waals surface area contributed by atoms with Crippen molar-refractivity contribution in [1.82, 2.24) is 4.98 Å². The van der Waals surface area contributed by atoms with Gasteiger partial charge in [-0.15, -0.1) is 0 Å². The molecule has 1 saturated heterocycles. The van der Waals surface area contributed by atoms with Crippen LogP contribution in [0.4, 0.5) is 21.6 Å². The maximum Gasteiger partial charge on any atom is 0.139 e. The van der Waals surface area contributed by atoms with Crippen molar-refractivity contribution >= 4 is 33.1 Å². The lowest BCUT2D eigenvalue weighted by Gasteiger charge is -2.37. The number of hydrogen-bond donors (Lipinski definition) is 1. The third kappa shape index (κ3) is 2.95. The van der Waals surface area contributed by atoms with Gasteiger partial charge >= 0.3 is 0 Å². The minimum Gasteiger partial charge on any atom is -0.397 e. The molecule has 3 rings (SSSR count). The van der Waals surface area contributed by atoms with Crippen LogP contribution in [0.25, 0.3) is 0 Å². The second-order valence-electron chi connectivity index (χ2n) is 4.99. The van der Waals surface area contributed by atoms with Gasteiger partial charge in [-0.05, 0) is 34.1 Å². The Labute approximate surface area is 131 Å². The van der Waals surface area contributed by atoms with E-state index in [2.05, 4.69) is 30.7 Å². The van der Waals surface area contributed by atoms with Crippen molar-refractivity contribution in [3.05, 3.63) is 46.8 Å². The summed E-state index contributed by atoms with van der Waals surface area (Å²) in [6.45, 7) is 3.27. The number of nitrogens with two attached hydrogens (primary N) is 1. The van der Waals surface area contributed by atoms with E-state index in [1.807, 2.05) is 18.2 Å². The number of rotatable bonds is 2. The number of benzene rings is 1. The molecule has 2 N–H and O–H groups in total. The highest BCUT2D eigenvalue weighted by Crippen LogP contribution is 2.30. The first-order valence-electron chi connectivity index (χ1n) is 6.80. The van der Waals surface area contributed by atoms with E-state index in [1.165, 1.54) is 6.07 Å². The zero-order chi connectivity index (χ0) is 14.8. The van der Waals surface area contributed by atoms with Crippen molar-refractivity contribution in [2.75, 3.05) is 41.7 Å². The van der Waals surface area contributed by atoms with Crippen LogP contribution in [0.2, 0.25) is 0 Å². The van der Waals surface area contributed by atoms with Gasteiger partial charge < -0.3 is 15.5 Å². The van der Waals surface area contributed by atoms with Gasteiger partial charge in [-0.25, -0.2) is 9.37 Å². The molecule has 0 bridgehead atoms. The van der Waals surface area contributed by atoms with E-state index >= 15 is 0 Å². The molecule has 0 saturated carbocycles. The normalized spacial score (nSPS) is 15.3. The number of pyridine rings is 1. The predicted octanol–water partition coefficient (Wildman–Crippen LogP) is 2.89. The standard InChI is InChI=1S/C15H16BrFN4/c16-11-9-13(18)14(10-12(11)17)20-5-7-21(8-6-20)15-3-1-2-4-19-15/h1-4,9-10H,5-8,18H2. The van der Waals surface area contributed by atoms with Gasteiger partial charge in [0.05, 0.1) is 15.8 Å². The molecule has 0 radical (unpaired) electrons. The fourth-order valence-corrected chi connectivity index (χ4v) is 2.90. The Bertz CT molecular complexity index is 627. The molecule has 1 fully saturated rings. The highest BCUT2D eigenvalue weighted by molar-refractivity contribution is 9.10. The molecule has 0 atom stereocenters. The number of halogens is 2. The van der Waals surface area contributed by atoms with Crippen LogP contribution in [0.15, 0.2) is 41.0 Å². The first-order chi connectivity index (χ1) is 10.1.